The van der Waals surface area contributed by atoms with Gasteiger partial charge in [-0.05, 0) is 25.7 Å². The van der Waals surface area contributed by atoms with Gasteiger partial charge < -0.3 is 15.4 Å². The van der Waals surface area contributed by atoms with E-state index in [1.807, 2.05) is 11.8 Å². The van der Waals surface area contributed by atoms with Crippen molar-refractivity contribution in [2.75, 3.05) is 26.2 Å². The second-order valence-corrected chi connectivity index (χ2v) is 5.43. The first-order valence-corrected chi connectivity index (χ1v) is 6.18. The molecule has 0 aromatic rings. The van der Waals surface area contributed by atoms with E-state index in [1.165, 1.54) is 0 Å². The molecule has 1 atom stereocenters. The Morgan fingerprint density at radius 2 is 2.19 bits per heavy atom. The maximum absolute atomic E-state index is 12.4. The van der Waals surface area contributed by atoms with E-state index in [-0.39, 0.29) is 17.4 Å². The van der Waals surface area contributed by atoms with E-state index in [1.54, 1.807) is 0 Å². The summed E-state index contributed by atoms with van der Waals surface area (Å²) in [4.78, 5) is 14.4. The lowest BCUT2D eigenvalue weighted by Gasteiger charge is -2.48. The summed E-state index contributed by atoms with van der Waals surface area (Å²) in [5.41, 5.74) is 5.54. The van der Waals surface area contributed by atoms with Crippen LogP contribution < -0.4 is 5.73 Å². The molecule has 0 radical (unpaired) electrons. The monoisotopic (exact) mass is 226 g/mol. The van der Waals surface area contributed by atoms with Crippen LogP contribution in [0.2, 0.25) is 0 Å². The molecule has 0 bridgehead atoms. The van der Waals surface area contributed by atoms with Gasteiger partial charge >= 0.3 is 0 Å². The van der Waals surface area contributed by atoms with Crippen molar-refractivity contribution in [1.82, 2.24) is 4.90 Å². The van der Waals surface area contributed by atoms with Crippen molar-refractivity contribution in [3.05, 3.63) is 0 Å². The smallest absolute Gasteiger partial charge is 0.230 e. The topological polar surface area (TPSA) is 55.6 Å². The molecule has 1 aliphatic heterocycles. The Morgan fingerprint density at radius 1 is 1.50 bits per heavy atom. The number of carbonyl (C=O) groups is 1. The third kappa shape index (κ3) is 1.96. The Morgan fingerprint density at radius 3 is 2.69 bits per heavy atom. The zero-order valence-corrected chi connectivity index (χ0v) is 10.2. The van der Waals surface area contributed by atoms with Crippen molar-refractivity contribution in [3.63, 3.8) is 0 Å². The van der Waals surface area contributed by atoms with Gasteiger partial charge in [0.25, 0.3) is 0 Å². The van der Waals surface area contributed by atoms with Gasteiger partial charge in [-0.3, -0.25) is 4.79 Å². The average Bonchev–Trinajstić information content (AvgIpc) is 2.23. The first-order chi connectivity index (χ1) is 7.57. The lowest BCUT2D eigenvalue weighted by Crippen LogP contribution is -2.57. The van der Waals surface area contributed by atoms with E-state index in [2.05, 4.69) is 6.92 Å². The van der Waals surface area contributed by atoms with E-state index in [9.17, 15) is 4.79 Å². The molecular formula is C12H22N2O2. The molecule has 2 N–H and O–H groups in total. The van der Waals surface area contributed by atoms with E-state index >= 15 is 0 Å². The highest BCUT2D eigenvalue weighted by atomic mass is 16.5. The highest BCUT2D eigenvalue weighted by molar-refractivity contribution is 5.84. The van der Waals surface area contributed by atoms with Crippen LogP contribution in [0.4, 0.5) is 0 Å². The molecule has 1 heterocycles. The van der Waals surface area contributed by atoms with Crippen LogP contribution in [0.15, 0.2) is 0 Å². The summed E-state index contributed by atoms with van der Waals surface area (Å²) in [6, 6.07) is 0. The summed E-state index contributed by atoms with van der Waals surface area (Å²) in [6.45, 7) is 6.78. The minimum Gasteiger partial charge on any atom is -0.375 e. The van der Waals surface area contributed by atoms with Crippen molar-refractivity contribution in [2.24, 2.45) is 17.1 Å². The summed E-state index contributed by atoms with van der Waals surface area (Å²) in [5.74, 6) is 0.897. The van der Waals surface area contributed by atoms with Crippen LogP contribution in [-0.4, -0.2) is 43.2 Å². The van der Waals surface area contributed by atoms with Gasteiger partial charge in [0, 0.05) is 19.6 Å². The number of amides is 1. The molecule has 2 rings (SSSR count). The van der Waals surface area contributed by atoms with E-state index in [0.29, 0.717) is 19.1 Å². The molecule has 1 amide bonds. The van der Waals surface area contributed by atoms with Crippen molar-refractivity contribution in [2.45, 2.75) is 32.8 Å². The Hall–Kier alpha value is -0.610. The van der Waals surface area contributed by atoms with Crippen molar-refractivity contribution < 1.29 is 9.53 Å². The Bertz CT molecular complexity index is 274. The standard InChI is InChI=1S/C12H22N2O2/c1-9-5-12(6-9,8-13)11(15)14-3-4-16-10(2)7-14/h9-10H,3-8,13H2,1-2H3. The highest BCUT2D eigenvalue weighted by Gasteiger charge is 2.49. The Labute approximate surface area is 97.1 Å². The minimum atomic E-state index is -0.253. The van der Waals surface area contributed by atoms with Gasteiger partial charge in [-0.1, -0.05) is 6.92 Å². The number of nitrogens with zero attached hydrogens (tertiary/aromatic N) is 1. The number of morpholine rings is 1. The molecule has 1 unspecified atom stereocenters. The molecule has 0 spiro atoms. The highest BCUT2D eigenvalue weighted by Crippen LogP contribution is 2.46. The second-order valence-electron chi connectivity index (χ2n) is 5.43. The molecule has 2 aliphatic rings. The first-order valence-electron chi connectivity index (χ1n) is 6.18. The molecular weight excluding hydrogens is 204 g/mol. The minimum absolute atomic E-state index is 0.157. The summed E-state index contributed by atoms with van der Waals surface area (Å²) in [7, 11) is 0. The van der Waals surface area contributed by atoms with E-state index < -0.39 is 0 Å². The number of hydrogen-bond donors (Lipinski definition) is 1. The molecule has 1 saturated carbocycles. The predicted octanol–water partition coefficient (Wildman–Crippen LogP) is 0.609. The third-order valence-corrected chi connectivity index (χ3v) is 3.85. The molecule has 2 fully saturated rings. The third-order valence-electron chi connectivity index (χ3n) is 3.85. The fraction of sp³-hybridized carbons (Fsp3) is 0.917. The molecule has 0 aromatic heterocycles. The Balaban J connectivity index is 2.00. The van der Waals surface area contributed by atoms with Gasteiger partial charge in [0.2, 0.25) is 5.91 Å². The zero-order valence-electron chi connectivity index (χ0n) is 10.2. The summed E-state index contributed by atoms with van der Waals surface area (Å²) in [6.07, 6.45) is 2.06. The largest absolute Gasteiger partial charge is 0.375 e. The number of carbonyl (C=O) groups excluding carboxylic acids is 1. The van der Waals surface area contributed by atoms with Crippen LogP contribution in [0.1, 0.15) is 26.7 Å². The zero-order chi connectivity index (χ0) is 11.8. The van der Waals surface area contributed by atoms with Crippen LogP contribution >= 0.6 is 0 Å². The number of ether oxygens (including phenoxy) is 1. The fourth-order valence-electron chi connectivity index (χ4n) is 3.04. The van der Waals surface area contributed by atoms with Crippen LogP contribution in [0, 0.1) is 11.3 Å². The lowest BCUT2D eigenvalue weighted by molar-refractivity contribution is -0.156. The van der Waals surface area contributed by atoms with Crippen LogP contribution in [0.25, 0.3) is 0 Å². The van der Waals surface area contributed by atoms with Crippen LogP contribution in [0.5, 0.6) is 0 Å². The maximum atomic E-state index is 12.4. The van der Waals surface area contributed by atoms with Gasteiger partial charge in [-0.25, -0.2) is 0 Å². The second kappa shape index (κ2) is 4.34. The van der Waals surface area contributed by atoms with Gasteiger partial charge in [-0.2, -0.15) is 0 Å². The van der Waals surface area contributed by atoms with Crippen molar-refractivity contribution in [1.29, 1.82) is 0 Å². The SMILES string of the molecule is CC1CC(CN)(C(=O)N2CCOC(C)C2)C1. The van der Waals surface area contributed by atoms with Crippen LogP contribution in [0.3, 0.4) is 0 Å². The molecule has 92 valence electrons. The predicted molar refractivity (Wildman–Crippen MR) is 61.9 cm³/mol. The van der Waals surface area contributed by atoms with Gasteiger partial charge in [0.15, 0.2) is 0 Å². The summed E-state index contributed by atoms with van der Waals surface area (Å²) >= 11 is 0. The Kier molecular flexibility index (Phi) is 3.22. The maximum Gasteiger partial charge on any atom is 0.230 e. The average molecular weight is 226 g/mol. The van der Waals surface area contributed by atoms with Crippen LogP contribution in [-0.2, 0) is 9.53 Å². The molecule has 4 nitrogen and oxygen atoms in total. The first kappa shape index (κ1) is 11.9. The molecule has 1 aliphatic carbocycles. The van der Waals surface area contributed by atoms with E-state index in [4.69, 9.17) is 10.5 Å². The lowest BCUT2D eigenvalue weighted by atomic mass is 9.62. The van der Waals surface area contributed by atoms with E-state index in [0.717, 1.165) is 25.9 Å². The summed E-state index contributed by atoms with van der Waals surface area (Å²) in [5, 5.41) is 0. The number of hydrogen-bond acceptors (Lipinski definition) is 3. The molecule has 1 saturated heterocycles. The normalized spacial score (nSPS) is 39.3. The summed E-state index contributed by atoms with van der Waals surface area (Å²) < 4.78 is 5.45. The molecule has 4 heteroatoms. The van der Waals surface area contributed by atoms with Gasteiger partial charge in [-0.15, -0.1) is 0 Å². The fourth-order valence-corrected chi connectivity index (χ4v) is 3.04. The molecule has 16 heavy (non-hydrogen) atoms. The van der Waals surface area contributed by atoms with Crippen molar-refractivity contribution >= 4 is 5.91 Å². The quantitative estimate of drug-likeness (QED) is 0.750. The number of rotatable bonds is 2. The number of nitrogens with two attached hydrogens (primary N) is 1. The molecule has 0 aromatic carbocycles. The van der Waals surface area contributed by atoms with Gasteiger partial charge in [0.1, 0.15) is 0 Å². The van der Waals surface area contributed by atoms with Crippen molar-refractivity contribution in [3.8, 4) is 0 Å². The van der Waals surface area contributed by atoms with Gasteiger partial charge in [0.05, 0.1) is 18.1 Å².